The number of ether oxygens (including phenoxy) is 3. The highest BCUT2D eigenvalue weighted by molar-refractivity contribution is 7.89. The molecule has 3 rings (SSSR count). The Morgan fingerprint density at radius 1 is 1.00 bits per heavy atom. The monoisotopic (exact) mass is 448 g/mol. The van der Waals surface area contributed by atoms with E-state index in [-0.39, 0.29) is 16.7 Å². The van der Waals surface area contributed by atoms with Crippen LogP contribution in [0.5, 0.6) is 17.2 Å². The van der Waals surface area contributed by atoms with E-state index < -0.39 is 10.0 Å². The summed E-state index contributed by atoms with van der Waals surface area (Å²) in [4.78, 5) is 12.9. The number of rotatable bonds is 8. The first-order valence-electron chi connectivity index (χ1n) is 10.0. The molecule has 1 saturated heterocycles. The second-order valence-electron chi connectivity index (χ2n) is 7.24. The largest absolute Gasteiger partial charge is 0.493 e. The van der Waals surface area contributed by atoms with Crippen LogP contribution >= 0.6 is 0 Å². The van der Waals surface area contributed by atoms with Crippen molar-refractivity contribution in [2.24, 2.45) is 5.92 Å². The maximum atomic E-state index is 12.7. The van der Waals surface area contributed by atoms with Gasteiger partial charge in [0.25, 0.3) is 0 Å². The van der Waals surface area contributed by atoms with Crippen LogP contribution < -0.4 is 19.5 Å². The standard InChI is InChI=1S/C22H28N2O6S/c1-28-19-13-16(14-20(29-2)21(19)30-3)15-23-22(25)17-9-11-24(12-10-17)31(26,27)18-7-5-4-6-8-18/h4-8,13-14,17H,9-12,15H2,1-3H3,(H,23,25). The van der Waals surface area contributed by atoms with Gasteiger partial charge in [-0.3, -0.25) is 4.79 Å². The van der Waals surface area contributed by atoms with Crippen LogP contribution in [0.4, 0.5) is 0 Å². The van der Waals surface area contributed by atoms with Gasteiger partial charge in [0.2, 0.25) is 21.7 Å². The highest BCUT2D eigenvalue weighted by Gasteiger charge is 2.32. The molecule has 1 aliphatic rings. The van der Waals surface area contributed by atoms with Gasteiger partial charge >= 0.3 is 0 Å². The van der Waals surface area contributed by atoms with E-state index in [2.05, 4.69) is 5.32 Å². The summed E-state index contributed by atoms with van der Waals surface area (Å²) >= 11 is 0. The summed E-state index contributed by atoms with van der Waals surface area (Å²) in [6.07, 6.45) is 0.959. The zero-order valence-electron chi connectivity index (χ0n) is 18.0. The lowest BCUT2D eigenvalue weighted by Gasteiger charge is -2.30. The van der Waals surface area contributed by atoms with Gasteiger partial charge in [-0.05, 0) is 42.7 Å². The van der Waals surface area contributed by atoms with Crippen molar-refractivity contribution in [1.82, 2.24) is 9.62 Å². The van der Waals surface area contributed by atoms with E-state index in [9.17, 15) is 13.2 Å². The molecule has 0 unspecified atom stereocenters. The van der Waals surface area contributed by atoms with E-state index in [4.69, 9.17) is 14.2 Å². The van der Waals surface area contributed by atoms with E-state index in [1.807, 2.05) is 0 Å². The summed E-state index contributed by atoms with van der Waals surface area (Å²) in [5, 5.41) is 2.94. The maximum absolute atomic E-state index is 12.7. The van der Waals surface area contributed by atoms with Crippen molar-refractivity contribution in [3.63, 3.8) is 0 Å². The first kappa shape index (κ1) is 22.9. The molecule has 2 aromatic carbocycles. The lowest BCUT2D eigenvalue weighted by atomic mass is 9.97. The quantitative estimate of drug-likeness (QED) is 0.667. The summed E-state index contributed by atoms with van der Waals surface area (Å²) in [5.41, 5.74) is 0.812. The van der Waals surface area contributed by atoms with Crippen LogP contribution in [-0.4, -0.2) is 53.0 Å². The molecule has 168 valence electrons. The van der Waals surface area contributed by atoms with Crippen molar-refractivity contribution in [3.8, 4) is 17.2 Å². The lowest BCUT2D eigenvalue weighted by Crippen LogP contribution is -2.42. The molecule has 1 amide bonds. The molecule has 9 heteroatoms. The van der Waals surface area contributed by atoms with Crippen LogP contribution in [0, 0.1) is 5.92 Å². The number of piperidine rings is 1. The Hall–Kier alpha value is -2.78. The van der Waals surface area contributed by atoms with Gasteiger partial charge in [-0.25, -0.2) is 8.42 Å². The number of amides is 1. The molecule has 0 aromatic heterocycles. The summed E-state index contributed by atoms with van der Waals surface area (Å²) in [6.45, 7) is 0.942. The minimum absolute atomic E-state index is 0.0921. The Kier molecular flexibility index (Phi) is 7.40. The number of sulfonamides is 1. The van der Waals surface area contributed by atoms with E-state index in [1.54, 1.807) is 42.5 Å². The first-order chi connectivity index (χ1) is 14.9. The molecule has 1 aliphatic heterocycles. The van der Waals surface area contributed by atoms with Crippen molar-refractivity contribution >= 4 is 15.9 Å². The zero-order valence-corrected chi connectivity index (χ0v) is 18.8. The Balaban J connectivity index is 1.59. The highest BCUT2D eigenvalue weighted by Crippen LogP contribution is 2.38. The van der Waals surface area contributed by atoms with E-state index in [1.165, 1.54) is 25.6 Å². The molecular formula is C22H28N2O6S. The average Bonchev–Trinajstić information content (AvgIpc) is 2.82. The fraction of sp³-hybridized carbons (Fsp3) is 0.409. The predicted octanol–water partition coefficient (Wildman–Crippen LogP) is 2.43. The van der Waals surface area contributed by atoms with Crippen LogP contribution in [0.3, 0.4) is 0 Å². The summed E-state index contributed by atoms with van der Waals surface area (Å²) in [6, 6.07) is 11.9. The first-order valence-corrected chi connectivity index (χ1v) is 11.5. The number of nitrogens with one attached hydrogen (secondary N) is 1. The average molecular weight is 449 g/mol. The minimum Gasteiger partial charge on any atom is -0.493 e. The fourth-order valence-corrected chi connectivity index (χ4v) is 5.16. The van der Waals surface area contributed by atoms with Gasteiger partial charge < -0.3 is 19.5 Å². The van der Waals surface area contributed by atoms with E-state index in [0.717, 1.165) is 5.56 Å². The van der Waals surface area contributed by atoms with Crippen LogP contribution in [0.1, 0.15) is 18.4 Å². The number of hydrogen-bond acceptors (Lipinski definition) is 6. The van der Waals surface area contributed by atoms with Crippen LogP contribution in [-0.2, 0) is 21.4 Å². The Labute approximate surface area is 183 Å². The molecule has 1 N–H and O–H groups in total. The highest BCUT2D eigenvalue weighted by atomic mass is 32.2. The van der Waals surface area contributed by atoms with Crippen molar-refractivity contribution < 1.29 is 27.4 Å². The van der Waals surface area contributed by atoms with Crippen LogP contribution in [0.2, 0.25) is 0 Å². The van der Waals surface area contributed by atoms with Crippen molar-refractivity contribution in [3.05, 3.63) is 48.0 Å². The van der Waals surface area contributed by atoms with Gasteiger partial charge in [-0.2, -0.15) is 4.31 Å². The third kappa shape index (κ3) is 5.11. The fourth-order valence-electron chi connectivity index (χ4n) is 3.67. The third-order valence-electron chi connectivity index (χ3n) is 5.40. The molecule has 2 aromatic rings. The Bertz CT molecular complexity index is 977. The molecule has 0 spiro atoms. The second-order valence-corrected chi connectivity index (χ2v) is 9.18. The third-order valence-corrected chi connectivity index (χ3v) is 7.31. The molecule has 0 aliphatic carbocycles. The van der Waals surface area contributed by atoms with Gasteiger partial charge in [-0.1, -0.05) is 18.2 Å². The summed E-state index contributed by atoms with van der Waals surface area (Å²) in [7, 11) is 1.08. The van der Waals surface area contributed by atoms with Gasteiger partial charge in [0.15, 0.2) is 11.5 Å². The van der Waals surface area contributed by atoms with Crippen LogP contribution in [0.15, 0.2) is 47.4 Å². The van der Waals surface area contributed by atoms with Crippen LogP contribution in [0.25, 0.3) is 0 Å². The number of benzene rings is 2. The molecule has 0 saturated carbocycles. The summed E-state index contributed by atoms with van der Waals surface area (Å²) in [5.74, 6) is 1.21. The van der Waals surface area contributed by atoms with Crippen molar-refractivity contribution in [2.75, 3.05) is 34.4 Å². The molecular weight excluding hydrogens is 420 g/mol. The normalized spacial score (nSPS) is 15.3. The van der Waals surface area contributed by atoms with Gasteiger partial charge in [-0.15, -0.1) is 0 Å². The molecule has 8 nitrogen and oxygen atoms in total. The number of carbonyl (C=O) groups excluding carboxylic acids is 1. The van der Waals surface area contributed by atoms with Gasteiger partial charge in [0.05, 0.1) is 26.2 Å². The molecule has 31 heavy (non-hydrogen) atoms. The lowest BCUT2D eigenvalue weighted by molar-refractivity contribution is -0.126. The number of hydrogen-bond donors (Lipinski definition) is 1. The van der Waals surface area contributed by atoms with E-state index in [0.29, 0.717) is 49.7 Å². The molecule has 1 heterocycles. The minimum atomic E-state index is -3.53. The van der Waals surface area contributed by atoms with Crippen molar-refractivity contribution in [1.29, 1.82) is 0 Å². The number of methoxy groups -OCH3 is 3. The predicted molar refractivity (Wildman–Crippen MR) is 116 cm³/mol. The van der Waals surface area contributed by atoms with E-state index >= 15 is 0 Å². The Morgan fingerprint density at radius 2 is 1.58 bits per heavy atom. The molecule has 0 atom stereocenters. The topological polar surface area (TPSA) is 94.2 Å². The second kappa shape index (κ2) is 10.0. The van der Waals surface area contributed by atoms with Gasteiger partial charge in [0, 0.05) is 25.6 Å². The number of nitrogens with zero attached hydrogens (tertiary/aromatic N) is 1. The van der Waals surface area contributed by atoms with Crippen molar-refractivity contribution in [2.45, 2.75) is 24.3 Å². The zero-order chi connectivity index (χ0) is 22.4. The SMILES string of the molecule is COc1cc(CNC(=O)C2CCN(S(=O)(=O)c3ccccc3)CC2)cc(OC)c1OC. The smallest absolute Gasteiger partial charge is 0.243 e. The molecule has 1 fully saturated rings. The molecule has 0 bridgehead atoms. The summed E-state index contributed by atoms with van der Waals surface area (Å²) < 4.78 is 42.9. The molecule has 0 radical (unpaired) electrons. The maximum Gasteiger partial charge on any atom is 0.243 e. The van der Waals surface area contributed by atoms with Gasteiger partial charge in [0.1, 0.15) is 0 Å². The Morgan fingerprint density at radius 3 is 2.10 bits per heavy atom. The number of carbonyl (C=O) groups is 1.